The lowest BCUT2D eigenvalue weighted by atomic mass is 9.83. The summed E-state index contributed by atoms with van der Waals surface area (Å²) in [4.78, 5) is 29.1. The van der Waals surface area contributed by atoms with Gasteiger partial charge in [-0.2, -0.15) is 5.26 Å². The van der Waals surface area contributed by atoms with Gasteiger partial charge in [-0.1, -0.05) is 35.2 Å². The lowest BCUT2D eigenvalue weighted by molar-refractivity contribution is -0.123. The zero-order valence-corrected chi connectivity index (χ0v) is 14.7. The molecule has 0 unspecified atom stereocenters. The molecule has 0 aliphatic heterocycles. The highest BCUT2D eigenvalue weighted by Gasteiger charge is 2.33. The van der Waals surface area contributed by atoms with Crippen LogP contribution in [0.5, 0.6) is 0 Å². The SMILES string of the molecule is N#CC1(NC(=O)Cn2cnc3ccc(Br)cc3c2=O)CCCCC1. The van der Waals surface area contributed by atoms with Gasteiger partial charge in [0.25, 0.3) is 5.56 Å². The van der Waals surface area contributed by atoms with Crippen LogP contribution in [-0.2, 0) is 11.3 Å². The highest BCUT2D eigenvalue weighted by atomic mass is 79.9. The summed E-state index contributed by atoms with van der Waals surface area (Å²) in [5, 5.41) is 12.7. The van der Waals surface area contributed by atoms with E-state index in [4.69, 9.17) is 0 Å². The standard InChI is InChI=1S/C17H17BrN4O2/c18-12-4-5-14-13(8-12)16(24)22(11-20-14)9-15(23)21-17(10-19)6-2-1-3-7-17/h4-5,8,11H,1-3,6-7,9H2,(H,21,23). The summed E-state index contributed by atoms with van der Waals surface area (Å²) in [6.07, 6.45) is 5.64. The van der Waals surface area contributed by atoms with Crippen LogP contribution in [0.3, 0.4) is 0 Å². The Morgan fingerprint density at radius 2 is 2.12 bits per heavy atom. The van der Waals surface area contributed by atoms with Gasteiger partial charge >= 0.3 is 0 Å². The number of hydrogen-bond donors (Lipinski definition) is 1. The topological polar surface area (TPSA) is 87.8 Å². The van der Waals surface area contributed by atoms with Crippen LogP contribution in [0.15, 0.2) is 33.8 Å². The summed E-state index contributed by atoms with van der Waals surface area (Å²) in [6, 6.07) is 7.50. The van der Waals surface area contributed by atoms with Gasteiger partial charge in [0.1, 0.15) is 12.1 Å². The summed E-state index contributed by atoms with van der Waals surface area (Å²) in [7, 11) is 0. The first-order valence-corrected chi connectivity index (χ1v) is 8.69. The number of nitrogens with one attached hydrogen (secondary N) is 1. The molecule has 1 N–H and O–H groups in total. The predicted molar refractivity (Wildman–Crippen MR) is 93.3 cm³/mol. The smallest absolute Gasteiger partial charge is 0.261 e. The number of fused-ring (bicyclic) bond motifs is 1. The maximum absolute atomic E-state index is 12.5. The molecule has 0 atom stereocenters. The van der Waals surface area contributed by atoms with E-state index in [0.29, 0.717) is 23.7 Å². The second kappa shape index (κ2) is 6.73. The van der Waals surface area contributed by atoms with Gasteiger partial charge in [0.05, 0.1) is 23.3 Å². The number of halogens is 1. The van der Waals surface area contributed by atoms with E-state index in [1.54, 1.807) is 12.1 Å². The zero-order valence-electron chi connectivity index (χ0n) is 13.1. The lowest BCUT2D eigenvalue weighted by Crippen LogP contribution is -2.50. The van der Waals surface area contributed by atoms with Gasteiger partial charge in [0.15, 0.2) is 0 Å². The Hall–Kier alpha value is -2.20. The Labute approximate surface area is 147 Å². The average molecular weight is 389 g/mol. The van der Waals surface area contributed by atoms with Crippen molar-refractivity contribution in [1.82, 2.24) is 14.9 Å². The number of hydrogen-bond acceptors (Lipinski definition) is 4. The minimum absolute atomic E-state index is 0.141. The molecule has 24 heavy (non-hydrogen) atoms. The molecule has 0 spiro atoms. The molecule has 1 aliphatic rings. The molecule has 1 saturated carbocycles. The Morgan fingerprint density at radius 3 is 2.83 bits per heavy atom. The molecular formula is C17H17BrN4O2. The molecule has 7 heteroatoms. The summed E-state index contributed by atoms with van der Waals surface area (Å²) in [5.41, 5.74) is -0.488. The lowest BCUT2D eigenvalue weighted by Gasteiger charge is -2.31. The van der Waals surface area contributed by atoms with Crippen LogP contribution in [0.2, 0.25) is 0 Å². The number of nitrogens with zero attached hydrogens (tertiary/aromatic N) is 3. The van der Waals surface area contributed by atoms with E-state index in [0.717, 1.165) is 23.7 Å². The number of rotatable bonds is 3. The monoisotopic (exact) mass is 388 g/mol. The van der Waals surface area contributed by atoms with Gasteiger partial charge in [0, 0.05) is 4.47 Å². The summed E-state index contributed by atoms with van der Waals surface area (Å²) in [6.45, 7) is -0.141. The first-order valence-electron chi connectivity index (χ1n) is 7.90. The molecular weight excluding hydrogens is 372 g/mol. The molecule has 1 heterocycles. The van der Waals surface area contributed by atoms with Gasteiger partial charge in [-0.15, -0.1) is 0 Å². The van der Waals surface area contributed by atoms with Crippen molar-refractivity contribution in [3.8, 4) is 6.07 Å². The third kappa shape index (κ3) is 3.34. The van der Waals surface area contributed by atoms with Crippen LogP contribution in [-0.4, -0.2) is 21.0 Å². The van der Waals surface area contributed by atoms with E-state index in [2.05, 4.69) is 32.3 Å². The van der Waals surface area contributed by atoms with E-state index in [1.807, 2.05) is 6.07 Å². The second-order valence-electron chi connectivity index (χ2n) is 6.14. The van der Waals surface area contributed by atoms with Gasteiger partial charge in [0.2, 0.25) is 5.91 Å². The quantitative estimate of drug-likeness (QED) is 0.874. The zero-order chi connectivity index (χ0) is 17.2. The molecule has 1 fully saturated rings. The average Bonchev–Trinajstić information content (AvgIpc) is 2.58. The predicted octanol–water partition coefficient (Wildman–Crippen LogP) is 2.50. The first kappa shape index (κ1) is 16.7. The van der Waals surface area contributed by atoms with Crippen LogP contribution in [0.25, 0.3) is 10.9 Å². The van der Waals surface area contributed by atoms with Crippen molar-refractivity contribution in [2.45, 2.75) is 44.2 Å². The van der Waals surface area contributed by atoms with E-state index < -0.39 is 5.54 Å². The summed E-state index contributed by atoms with van der Waals surface area (Å²) >= 11 is 3.33. The maximum atomic E-state index is 12.5. The fraction of sp³-hybridized carbons (Fsp3) is 0.412. The molecule has 6 nitrogen and oxygen atoms in total. The normalized spacial score (nSPS) is 16.5. The molecule has 2 aromatic rings. The number of amides is 1. The molecule has 1 amide bonds. The molecule has 0 bridgehead atoms. The fourth-order valence-electron chi connectivity index (χ4n) is 3.13. The molecule has 0 radical (unpaired) electrons. The van der Waals surface area contributed by atoms with Crippen molar-refractivity contribution in [2.75, 3.05) is 0 Å². The molecule has 1 aromatic carbocycles. The van der Waals surface area contributed by atoms with Crippen molar-refractivity contribution < 1.29 is 4.79 Å². The minimum atomic E-state index is -0.799. The largest absolute Gasteiger partial charge is 0.336 e. The van der Waals surface area contributed by atoms with Crippen LogP contribution in [0.1, 0.15) is 32.1 Å². The molecule has 0 saturated heterocycles. The van der Waals surface area contributed by atoms with Crippen LogP contribution >= 0.6 is 15.9 Å². The number of nitriles is 1. The Bertz CT molecular complexity index is 878. The van der Waals surface area contributed by atoms with Crippen molar-refractivity contribution in [2.24, 2.45) is 0 Å². The van der Waals surface area contributed by atoms with Crippen molar-refractivity contribution in [1.29, 1.82) is 5.26 Å². The fourth-order valence-corrected chi connectivity index (χ4v) is 3.49. The number of carbonyl (C=O) groups excluding carboxylic acids is 1. The van der Waals surface area contributed by atoms with Crippen molar-refractivity contribution in [3.63, 3.8) is 0 Å². The number of benzene rings is 1. The van der Waals surface area contributed by atoms with E-state index in [1.165, 1.54) is 10.9 Å². The van der Waals surface area contributed by atoms with E-state index in [-0.39, 0.29) is 18.0 Å². The number of carbonyl (C=O) groups is 1. The Balaban J connectivity index is 1.82. The van der Waals surface area contributed by atoms with Gasteiger partial charge in [-0.3, -0.25) is 14.2 Å². The van der Waals surface area contributed by atoms with E-state index >= 15 is 0 Å². The van der Waals surface area contributed by atoms with Gasteiger partial charge in [-0.05, 0) is 31.0 Å². The first-order chi connectivity index (χ1) is 11.5. The van der Waals surface area contributed by atoms with Crippen molar-refractivity contribution in [3.05, 3.63) is 39.4 Å². The molecule has 1 aliphatic carbocycles. The molecule has 124 valence electrons. The van der Waals surface area contributed by atoms with Gasteiger partial charge in [-0.25, -0.2) is 4.98 Å². The molecule has 1 aromatic heterocycles. The Morgan fingerprint density at radius 1 is 1.38 bits per heavy atom. The second-order valence-corrected chi connectivity index (χ2v) is 7.06. The minimum Gasteiger partial charge on any atom is -0.336 e. The van der Waals surface area contributed by atoms with Crippen molar-refractivity contribution >= 4 is 32.7 Å². The third-order valence-corrected chi connectivity index (χ3v) is 4.89. The van der Waals surface area contributed by atoms with Crippen LogP contribution in [0, 0.1) is 11.3 Å². The van der Waals surface area contributed by atoms with Crippen LogP contribution in [0.4, 0.5) is 0 Å². The summed E-state index contributed by atoms with van der Waals surface area (Å²) < 4.78 is 2.06. The highest BCUT2D eigenvalue weighted by molar-refractivity contribution is 9.10. The van der Waals surface area contributed by atoms with Crippen LogP contribution < -0.4 is 10.9 Å². The molecule has 3 rings (SSSR count). The van der Waals surface area contributed by atoms with Gasteiger partial charge < -0.3 is 5.32 Å². The maximum Gasteiger partial charge on any atom is 0.261 e. The third-order valence-electron chi connectivity index (χ3n) is 4.40. The summed E-state index contributed by atoms with van der Waals surface area (Å²) in [5.74, 6) is -0.336. The number of aromatic nitrogens is 2. The highest BCUT2D eigenvalue weighted by Crippen LogP contribution is 2.27. The Kier molecular flexibility index (Phi) is 4.67. The van der Waals surface area contributed by atoms with E-state index in [9.17, 15) is 14.9 Å².